The highest BCUT2D eigenvalue weighted by molar-refractivity contribution is 6.27. The largest absolute Gasteiger partial charge is 0.300 e. The van der Waals surface area contributed by atoms with Crippen LogP contribution in [0.3, 0.4) is 0 Å². The standard InChI is InChI=1S/C31H35N5O3/c37-28-12-11-27(30(38)33-28)36-26-10-9-21(24-7-4-8-25(29(24)26)31(36)39)17-20-18-32-35(19-20)23-13-15-34(16-14-23)22-5-2-1-3-6-22/h4,7-10,18-19,22-23,27H,1-3,5-6,11-17H2,(H,33,37,38). The van der Waals surface area contributed by atoms with Gasteiger partial charge in [-0.1, -0.05) is 37.5 Å². The monoisotopic (exact) mass is 525 g/mol. The minimum absolute atomic E-state index is 0.172. The SMILES string of the molecule is O=C1CCC(N2C(=O)c3cccc4c(Cc5cnn(C6CCN(C7CCCCC7)CC6)c5)ccc2c34)C(=O)N1. The third-order valence-electron chi connectivity index (χ3n) is 9.35. The van der Waals surface area contributed by atoms with Crippen molar-refractivity contribution in [1.82, 2.24) is 20.0 Å². The van der Waals surface area contributed by atoms with Crippen molar-refractivity contribution in [3.05, 3.63) is 59.4 Å². The summed E-state index contributed by atoms with van der Waals surface area (Å²) in [4.78, 5) is 42.0. The van der Waals surface area contributed by atoms with Gasteiger partial charge in [0.25, 0.3) is 5.91 Å². The third-order valence-corrected chi connectivity index (χ3v) is 9.35. The van der Waals surface area contributed by atoms with Crippen LogP contribution in [0.1, 0.15) is 85.3 Å². The molecule has 1 N–H and O–H groups in total. The lowest BCUT2D eigenvalue weighted by Gasteiger charge is -2.39. The molecule has 3 fully saturated rings. The molecule has 3 aliphatic heterocycles. The van der Waals surface area contributed by atoms with Crippen LogP contribution in [-0.2, 0) is 16.0 Å². The zero-order chi connectivity index (χ0) is 26.5. The molecule has 0 bridgehead atoms. The molecule has 2 saturated heterocycles. The fraction of sp³-hybridized carbons (Fsp3) is 0.484. The molecule has 1 aliphatic carbocycles. The molecule has 8 nitrogen and oxygen atoms in total. The molecule has 4 heterocycles. The first-order valence-electron chi connectivity index (χ1n) is 14.6. The van der Waals surface area contributed by atoms with E-state index in [0.29, 0.717) is 18.0 Å². The van der Waals surface area contributed by atoms with Crippen molar-refractivity contribution in [2.24, 2.45) is 0 Å². The van der Waals surface area contributed by atoms with Crippen molar-refractivity contribution in [1.29, 1.82) is 0 Å². The lowest BCUT2D eigenvalue weighted by molar-refractivity contribution is -0.134. The van der Waals surface area contributed by atoms with Gasteiger partial charge in [0.2, 0.25) is 11.8 Å². The summed E-state index contributed by atoms with van der Waals surface area (Å²) in [6.07, 6.45) is 14.7. The molecule has 202 valence electrons. The average Bonchev–Trinajstić information content (AvgIpc) is 3.54. The normalized spacial score (nSPS) is 23.1. The molecule has 3 aromatic rings. The van der Waals surface area contributed by atoms with E-state index in [0.717, 1.165) is 66.0 Å². The number of aromatic nitrogens is 2. The summed E-state index contributed by atoms with van der Waals surface area (Å²) in [5.41, 5.74) is 3.68. The van der Waals surface area contributed by atoms with Gasteiger partial charge in [0.05, 0.1) is 17.9 Å². The Labute approximate surface area is 228 Å². The highest BCUT2D eigenvalue weighted by atomic mass is 16.2. The first-order chi connectivity index (χ1) is 19.1. The molecule has 4 aliphatic rings. The summed E-state index contributed by atoms with van der Waals surface area (Å²) >= 11 is 0. The van der Waals surface area contributed by atoms with E-state index in [4.69, 9.17) is 5.10 Å². The lowest BCUT2D eigenvalue weighted by atomic mass is 9.92. The predicted octanol–water partition coefficient (Wildman–Crippen LogP) is 4.36. The summed E-state index contributed by atoms with van der Waals surface area (Å²) in [6.45, 7) is 2.33. The average molecular weight is 526 g/mol. The molecule has 1 unspecified atom stereocenters. The Bertz CT molecular complexity index is 1450. The second kappa shape index (κ2) is 9.90. The maximum atomic E-state index is 13.4. The second-order valence-electron chi connectivity index (χ2n) is 11.7. The fourth-order valence-corrected chi connectivity index (χ4v) is 7.31. The quantitative estimate of drug-likeness (QED) is 0.500. The van der Waals surface area contributed by atoms with Crippen LogP contribution in [0.25, 0.3) is 10.8 Å². The maximum Gasteiger partial charge on any atom is 0.259 e. The first kappa shape index (κ1) is 24.5. The summed E-state index contributed by atoms with van der Waals surface area (Å²) in [5.74, 6) is -0.854. The van der Waals surface area contributed by atoms with Crippen LogP contribution in [0, 0.1) is 0 Å². The van der Waals surface area contributed by atoms with Gasteiger partial charge in [-0.15, -0.1) is 0 Å². The number of benzene rings is 2. The van der Waals surface area contributed by atoms with Crippen LogP contribution in [0.5, 0.6) is 0 Å². The van der Waals surface area contributed by atoms with E-state index in [-0.39, 0.29) is 18.2 Å². The molecule has 1 aromatic heterocycles. The van der Waals surface area contributed by atoms with Crippen molar-refractivity contribution in [2.75, 3.05) is 18.0 Å². The molecular formula is C31H35N5O3. The maximum absolute atomic E-state index is 13.4. The smallest absolute Gasteiger partial charge is 0.259 e. The van der Waals surface area contributed by atoms with Crippen LogP contribution in [0.15, 0.2) is 42.7 Å². The van der Waals surface area contributed by atoms with Crippen LogP contribution in [0.2, 0.25) is 0 Å². The molecule has 7 rings (SSSR count). The van der Waals surface area contributed by atoms with E-state index in [1.165, 1.54) is 32.1 Å². The highest BCUT2D eigenvalue weighted by Gasteiger charge is 2.40. The number of nitrogens with zero attached hydrogens (tertiary/aromatic N) is 4. The number of hydrogen-bond donors (Lipinski definition) is 1. The minimum Gasteiger partial charge on any atom is -0.300 e. The number of rotatable bonds is 5. The van der Waals surface area contributed by atoms with Crippen LogP contribution in [0.4, 0.5) is 5.69 Å². The Balaban J connectivity index is 1.09. The van der Waals surface area contributed by atoms with Gasteiger partial charge >= 0.3 is 0 Å². The number of anilines is 1. The zero-order valence-corrected chi connectivity index (χ0v) is 22.3. The van der Waals surface area contributed by atoms with E-state index < -0.39 is 11.9 Å². The minimum atomic E-state index is -0.667. The molecule has 3 amide bonds. The number of carbonyl (C=O) groups is 3. The van der Waals surface area contributed by atoms with E-state index in [9.17, 15) is 14.4 Å². The van der Waals surface area contributed by atoms with Crippen LogP contribution >= 0.6 is 0 Å². The Hall–Kier alpha value is -3.52. The Kier molecular flexibility index (Phi) is 6.22. The third kappa shape index (κ3) is 4.35. The molecule has 0 spiro atoms. The summed E-state index contributed by atoms with van der Waals surface area (Å²) < 4.78 is 2.17. The topological polar surface area (TPSA) is 87.5 Å². The van der Waals surface area contributed by atoms with Gasteiger partial charge < -0.3 is 4.90 Å². The number of nitrogens with one attached hydrogen (secondary N) is 1. The number of carbonyl (C=O) groups excluding carboxylic acids is 3. The highest BCUT2D eigenvalue weighted by Crippen LogP contribution is 2.41. The Morgan fingerprint density at radius 2 is 1.72 bits per heavy atom. The summed E-state index contributed by atoms with van der Waals surface area (Å²) in [5, 5.41) is 9.08. The number of hydrogen-bond acceptors (Lipinski definition) is 5. The van der Waals surface area contributed by atoms with Gasteiger partial charge in [0, 0.05) is 49.1 Å². The fourth-order valence-electron chi connectivity index (χ4n) is 7.31. The van der Waals surface area contributed by atoms with Crippen molar-refractivity contribution in [3.63, 3.8) is 0 Å². The van der Waals surface area contributed by atoms with Crippen LogP contribution < -0.4 is 10.2 Å². The molecule has 8 heteroatoms. The summed E-state index contributed by atoms with van der Waals surface area (Å²) in [7, 11) is 0. The van der Waals surface area contributed by atoms with Crippen molar-refractivity contribution in [3.8, 4) is 0 Å². The molecular weight excluding hydrogens is 490 g/mol. The van der Waals surface area contributed by atoms with Gasteiger partial charge in [-0.05, 0) is 60.7 Å². The van der Waals surface area contributed by atoms with E-state index in [1.54, 1.807) is 4.90 Å². The second-order valence-corrected chi connectivity index (χ2v) is 11.7. The van der Waals surface area contributed by atoms with Gasteiger partial charge in [-0.2, -0.15) is 5.10 Å². The lowest BCUT2D eigenvalue weighted by Crippen LogP contribution is -2.53. The van der Waals surface area contributed by atoms with Crippen molar-refractivity contribution < 1.29 is 14.4 Å². The number of piperidine rings is 2. The zero-order valence-electron chi connectivity index (χ0n) is 22.3. The number of amides is 3. The molecule has 0 radical (unpaired) electrons. The van der Waals surface area contributed by atoms with Crippen molar-refractivity contribution >= 4 is 34.2 Å². The number of likely N-dealkylation sites (tertiary alicyclic amines) is 1. The van der Waals surface area contributed by atoms with Crippen molar-refractivity contribution in [2.45, 2.75) is 82.3 Å². The van der Waals surface area contributed by atoms with Gasteiger partial charge in [-0.25, -0.2) is 0 Å². The van der Waals surface area contributed by atoms with Gasteiger partial charge in [0.1, 0.15) is 6.04 Å². The number of imide groups is 1. The molecule has 2 aromatic carbocycles. The van der Waals surface area contributed by atoms with E-state index in [2.05, 4.69) is 33.2 Å². The molecule has 1 saturated carbocycles. The first-order valence-corrected chi connectivity index (χ1v) is 14.6. The summed E-state index contributed by atoms with van der Waals surface area (Å²) in [6, 6.07) is 10.4. The van der Waals surface area contributed by atoms with Crippen LogP contribution in [-0.4, -0.2) is 57.6 Å². The Morgan fingerprint density at radius 1 is 0.897 bits per heavy atom. The van der Waals surface area contributed by atoms with E-state index in [1.807, 2.05) is 24.4 Å². The Morgan fingerprint density at radius 3 is 2.51 bits per heavy atom. The molecule has 1 atom stereocenters. The molecule has 39 heavy (non-hydrogen) atoms. The van der Waals surface area contributed by atoms with E-state index >= 15 is 0 Å². The van der Waals surface area contributed by atoms with Gasteiger partial charge in [-0.3, -0.25) is 29.3 Å². The predicted molar refractivity (Wildman–Crippen MR) is 149 cm³/mol. The van der Waals surface area contributed by atoms with Gasteiger partial charge in [0.15, 0.2) is 0 Å².